The molecule has 1 aliphatic heterocycles. The number of carbonyl (C=O) groups excluding carboxylic acids is 1. The molecular weight excluding hydrogens is 482 g/mol. The molecule has 0 unspecified atom stereocenters. The smallest absolute Gasteiger partial charge is 0.252 e. The molecule has 1 amide bonds. The van der Waals surface area contributed by atoms with Crippen LogP contribution >= 0.6 is 0 Å². The van der Waals surface area contributed by atoms with E-state index in [9.17, 15) is 4.79 Å². The van der Waals surface area contributed by atoms with Crippen LogP contribution in [0.15, 0.2) is 84.9 Å². The van der Waals surface area contributed by atoms with Crippen molar-refractivity contribution in [3.8, 4) is 11.3 Å². The molecule has 0 spiro atoms. The third-order valence-corrected chi connectivity index (χ3v) is 7.83. The van der Waals surface area contributed by atoms with E-state index in [2.05, 4.69) is 55.3 Å². The molecule has 1 aromatic heterocycles. The van der Waals surface area contributed by atoms with Crippen molar-refractivity contribution in [2.75, 3.05) is 13.2 Å². The Morgan fingerprint density at radius 2 is 1.69 bits per heavy atom. The number of amides is 1. The van der Waals surface area contributed by atoms with Crippen molar-refractivity contribution in [1.82, 2.24) is 15.2 Å². The second-order valence-electron chi connectivity index (χ2n) is 10.7. The van der Waals surface area contributed by atoms with Gasteiger partial charge in [0, 0.05) is 28.6 Å². The lowest BCUT2D eigenvalue weighted by Crippen LogP contribution is -2.38. The Bertz CT molecular complexity index is 1390. The van der Waals surface area contributed by atoms with E-state index in [0.29, 0.717) is 30.9 Å². The van der Waals surface area contributed by atoms with Gasteiger partial charge in [-0.25, -0.2) is 4.98 Å². The van der Waals surface area contributed by atoms with E-state index in [-0.39, 0.29) is 11.9 Å². The Labute approximate surface area is 232 Å². The summed E-state index contributed by atoms with van der Waals surface area (Å²) in [4.78, 5) is 21.8. The quantitative estimate of drug-likeness (QED) is 0.240. The second kappa shape index (κ2) is 12.5. The Morgan fingerprint density at radius 3 is 2.41 bits per heavy atom. The molecule has 1 N–H and O–H groups in total. The number of ether oxygens (including phenoxy) is 1. The van der Waals surface area contributed by atoms with Crippen LogP contribution in [0.25, 0.3) is 22.2 Å². The fourth-order valence-corrected chi connectivity index (χ4v) is 5.84. The first-order valence-electron chi connectivity index (χ1n) is 14.2. The summed E-state index contributed by atoms with van der Waals surface area (Å²) in [6, 6.07) is 29.0. The van der Waals surface area contributed by atoms with Gasteiger partial charge in [-0.3, -0.25) is 9.69 Å². The maximum Gasteiger partial charge on any atom is 0.252 e. The van der Waals surface area contributed by atoms with Crippen molar-refractivity contribution < 1.29 is 9.53 Å². The minimum Gasteiger partial charge on any atom is -0.375 e. The van der Waals surface area contributed by atoms with E-state index < -0.39 is 0 Å². The summed E-state index contributed by atoms with van der Waals surface area (Å²) in [7, 11) is 0. The van der Waals surface area contributed by atoms with Gasteiger partial charge in [-0.1, -0.05) is 85.8 Å². The van der Waals surface area contributed by atoms with Crippen molar-refractivity contribution in [2.45, 2.75) is 64.8 Å². The molecule has 0 bridgehead atoms. The van der Waals surface area contributed by atoms with Crippen molar-refractivity contribution in [2.24, 2.45) is 0 Å². The number of aromatic nitrogens is 1. The fraction of sp³-hybridized carbons (Fsp3) is 0.353. The highest BCUT2D eigenvalue weighted by Crippen LogP contribution is 2.32. The van der Waals surface area contributed by atoms with Crippen LogP contribution < -0.4 is 5.32 Å². The van der Waals surface area contributed by atoms with E-state index in [1.54, 1.807) is 0 Å². The van der Waals surface area contributed by atoms with Crippen LogP contribution in [-0.2, 0) is 11.3 Å². The van der Waals surface area contributed by atoms with Gasteiger partial charge >= 0.3 is 0 Å². The fourth-order valence-electron chi connectivity index (χ4n) is 5.84. The van der Waals surface area contributed by atoms with E-state index in [4.69, 9.17) is 9.72 Å². The van der Waals surface area contributed by atoms with Crippen LogP contribution in [0.1, 0.15) is 67.6 Å². The van der Waals surface area contributed by atoms with Gasteiger partial charge in [-0.15, -0.1) is 0 Å². The van der Waals surface area contributed by atoms with Crippen LogP contribution in [0.4, 0.5) is 0 Å². The molecule has 2 heterocycles. The number of carbonyl (C=O) groups is 1. The average Bonchev–Trinajstić information content (AvgIpc) is 3.45. The minimum atomic E-state index is -0.0928. The van der Waals surface area contributed by atoms with Crippen LogP contribution in [0.5, 0.6) is 0 Å². The maximum absolute atomic E-state index is 14.2. The largest absolute Gasteiger partial charge is 0.375 e. The Hall–Kier alpha value is -3.54. The van der Waals surface area contributed by atoms with Crippen LogP contribution in [-0.4, -0.2) is 41.0 Å². The first-order chi connectivity index (χ1) is 19.1. The predicted octanol–water partition coefficient (Wildman–Crippen LogP) is 7.17. The number of nitrogens with zero attached hydrogens (tertiary/aromatic N) is 2. The number of benzene rings is 3. The number of rotatable bonds is 10. The number of hydrogen-bond acceptors (Lipinski definition) is 4. The van der Waals surface area contributed by atoms with E-state index in [1.807, 2.05) is 60.7 Å². The highest BCUT2D eigenvalue weighted by molar-refractivity contribution is 6.09. The minimum absolute atomic E-state index is 0.0855. The molecular formula is C34H39N3O2. The molecule has 5 nitrogen and oxygen atoms in total. The van der Waals surface area contributed by atoms with Crippen molar-refractivity contribution in [3.63, 3.8) is 0 Å². The lowest BCUT2D eigenvalue weighted by atomic mass is 9.95. The summed E-state index contributed by atoms with van der Waals surface area (Å²) in [5.74, 6) is -0.0928. The molecule has 1 fully saturated rings. The molecule has 0 aliphatic carbocycles. The van der Waals surface area contributed by atoms with E-state index in [0.717, 1.165) is 52.7 Å². The number of hydrogen-bond donors (Lipinski definition) is 1. The van der Waals surface area contributed by atoms with Gasteiger partial charge in [-0.2, -0.15) is 0 Å². The predicted molar refractivity (Wildman–Crippen MR) is 159 cm³/mol. The monoisotopic (exact) mass is 521 g/mol. The zero-order valence-electron chi connectivity index (χ0n) is 23.3. The summed E-state index contributed by atoms with van der Waals surface area (Å²) in [6.45, 7) is 8.68. The van der Waals surface area contributed by atoms with Gasteiger partial charge in [0.1, 0.15) is 0 Å². The molecule has 0 radical (unpaired) electrons. The first kappa shape index (κ1) is 27.0. The normalized spacial score (nSPS) is 16.6. The number of nitrogens with one attached hydrogen (secondary N) is 1. The van der Waals surface area contributed by atoms with Crippen molar-refractivity contribution >= 4 is 16.8 Å². The standard InChI is InChI=1S/C34H39N3O2/c1-4-30(25-14-7-5-8-15-25)36-34(38)32-28-19-11-12-20-31(28)35-33(26-16-9-6-10-17-26)29(32)23-39-22-27-18-13-21-37(27)24(2)3/h5-12,14-17,19-20,24,27,30H,4,13,18,21-23H2,1-3H3,(H,36,38)/t27-,30-/m0/s1. The van der Waals surface area contributed by atoms with Gasteiger partial charge < -0.3 is 10.1 Å². The third-order valence-electron chi connectivity index (χ3n) is 7.83. The van der Waals surface area contributed by atoms with Gasteiger partial charge in [0.25, 0.3) is 5.91 Å². The molecule has 3 aromatic carbocycles. The topological polar surface area (TPSA) is 54.5 Å². The summed E-state index contributed by atoms with van der Waals surface area (Å²) < 4.78 is 6.44. The maximum atomic E-state index is 14.2. The lowest BCUT2D eigenvalue weighted by Gasteiger charge is -2.28. The van der Waals surface area contributed by atoms with E-state index >= 15 is 0 Å². The summed E-state index contributed by atoms with van der Waals surface area (Å²) >= 11 is 0. The Kier molecular flexibility index (Phi) is 8.70. The number of pyridine rings is 1. The SMILES string of the molecule is CC[C@H](NC(=O)c1c(COC[C@@H]2CCCN2C(C)C)c(-c2ccccc2)nc2ccccc12)c1ccccc1. The van der Waals surface area contributed by atoms with Gasteiger partial charge in [0.2, 0.25) is 0 Å². The summed E-state index contributed by atoms with van der Waals surface area (Å²) in [5.41, 5.74) is 5.19. The third kappa shape index (κ3) is 6.05. The number of likely N-dealkylation sites (tertiary alicyclic amines) is 1. The molecule has 39 heavy (non-hydrogen) atoms. The Morgan fingerprint density at radius 1 is 1.00 bits per heavy atom. The molecule has 5 rings (SSSR count). The molecule has 2 atom stereocenters. The number of para-hydroxylation sites is 1. The first-order valence-corrected chi connectivity index (χ1v) is 14.2. The zero-order valence-corrected chi connectivity index (χ0v) is 23.3. The van der Waals surface area contributed by atoms with Crippen molar-refractivity contribution in [1.29, 1.82) is 0 Å². The lowest BCUT2D eigenvalue weighted by molar-refractivity contribution is 0.0560. The van der Waals surface area contributed by atoms with Gasteiger partial charge in [-0.05, 0) is 51.3 Å². The van der Waals surface area contributed by atoms with Gasteiger partial charge in [0.15, 0.2) is 0 Å². The average molecular weight is 522 g/mol. The molecule has 4 aromatic rings. The van der Waals surface area contributed by atoms with Crippen LogP contribution in [0.3, 0.4) is 0 Å². The van der Waals surface area contributed by atoms with Crippen LogP contribution in [0, 0.1) is 0 Å². The number of fused-ring (bicyclic) bond motifs is 1. The zero-order chi connectivity index (χ0) is 27.2. The summed E-state index contributed by atoms with van der Waals surface area (Å²) in [6.07, 6.45) is 3.13. The van der Waals surface area contributed by atoms with E-state index in [1.165, 1.54) is 6.42 Å². The highest BCUT2D eigenvalue weighted by Gasteiger charge is 2.28. The second-order valence-corrected chi connectivity index (χ2v) is 10.7. The molecule has 5 heteroatoms. The summed E-state index contributed by atoms with van der Waals surface area (Å²) in [5, 5.41) is 4.18. The molecule has 1 aliphatic rings. The molecule has 0 saturated carbocycles. The molecule has 202 valence electrons. The van der Waals surface area contributed by atoms with Crippen LogP contribution in [0.2, 0.25) is 0 Å². The Balaban J connectivity index is 1.55. The molecule has 1 saturated heterocycles. The highest BCUT2D eigenvalue weighted by atomic mass is 16.5. The van der Waals surface area contributed by atoms with Crippen molar-refractivity contribution in [3.05, 3.63) is 102 Å². The van der Waals surface area contributed by atoms with Gasteiger partial charge in [0.05, 0.1) is 36.0 Å².